The molecule has 4 heteroatoms. The molecule has 17 heavy (non-hydrogen) atoms. The van der Waals surface area contributed by atoms with Crippen molar-refractivity contribution in [2.45, 2.75) is 46.5 Å². The largest absolute Gasteiger partial charge is 0.480 e. The molecule has 0 aromatic carbocycles. The lowest BCUT2D eigenvalue weighted by molar-refractivity contribution is -0.169. The summed E-state index contributed by atoms with van der Waals surface area (Å²) in [5.41, 5.74) is -0.542. The zero-order valence-electron chi connectivity index (χ0n) is 10.9. The van der Waals surface area contributed by atoms with E-state index in [4.69, 9.17) is 4.74 Å². The Bertz CT molecular complexity index is 296. The van der Waals surface area contributed by atoms with Gasteiger partial charge in [0, 0.05) is 0 Å². The van der Waals surface area contributed by atoms with Gasteiger partial charge in [-0.2, -0.15) is 0 Å². The number of carbonyl (C=O) groups is 2. The maximum atomic E-state index is 11.9. The number of hydrogen-bond acceptors (Lipinski definition) is 3. The van der Waals surface area contributed by atoms with Crippen LogP contribution in [0.5, 0.6) is 0 Å². The van der Waals surface area contributed by atoms with Crippen molar-refractivity contribution in [1.82, 2.24) is 0 Å². The first-order valence-electron chi connectivity index (χ1n) is 5.95. The Labute approximate surface area is 103 Å². The van der Waals surface area contributed by atoms with Crippen molar-refractivity contribution >= 4 is 11.9 Å². The molecule has 0 saturated heterocycles. The fourth-order valence-corrected chi connectivity index (χ4v) is 1.75. The van der Waals surface area contributed by atoms with E-state index in [-0.39, 0.29) is 13.0 Å². The molecule has 1 unspecified atom stereocenters. The van der Waals surface area contributed by atoms with Crippen molar-refractivity contribution < 1.29 is 19.4 Å². The van der Waals surface area contributed by atoms with Crippen molar-refractivity contribution in [3.8, 4) is 0 Å². The van der Waals surface area contributed by atoms with E-state index < -0.39 is 17.4 Å². The zero-order chi connectivity index (χ0) is 13.5. The summed E-state index contributed by atoms with van der Waals surface area (Å²) in [5.74, 6) is -1.73. The van der Waals surface area contributed by atoms with E-state index in [1.165, 1.54) is 0 Å². The average molecular weight is 242 g/mol. The van der Waals surface area contributed by atoms with Gasteiger partial charge in [-0.05, 0) is 33.1 Å². The number of hydrogen-bond donors (Lipinski definition) is 1. The Morgan fingerprint density at radius 1 is 1.29 bits per heavy atom. The average Bonchev–Trinajstić information content (AvgIpc) is 2.23. The molecule has 98 valence electrons. The molecule has 0 aromatic rings. The Morgan fingerprint density at radius 2 is 1.88 bits per heavy atom. The summed E-state index contributed by atoms with van der Waals surface area (Å²) < 4.78 is 4.90. The van der Waals surface area contributed by atoms with Crippen LogP contribution in [0.1, 0.15) is 46.5 Å². The third kappa shape index (κ3) is 4.21. The van der Waals surface area contributed by atoms with Crippen LogP contribution in [0.2, 0.25) is 0 Å². The van der Waals surface area contributed by atoms with Gasteiger partial charge in [0.15, 0.2) is 5.41 Å². The van der Waals surface area contributed by atoms with E-state index in [2.05, 4.69) is 6.58 Å². The summed E-state index contributed by atoms with van der Waals surface area (Å²) in [4.78, 5) is 23.3. The van der Waals surface area contributed by atoms with Crippen LogP contribution in [0.3, 0.4) is 0 Å². The van der Waals surface area contributed by atoms with Crippen LogP contribution in [-0.2, 0) is 14.3 Å². The van der Waals surface area contributed by atoms with Gasteiger partial charge in [0.2, 0.25) is 0 Å². The fourth-order valence-electron chi connectivity index (χ4n) is 1.75. The topological polar surface area (TPSA) is 63.6 Å². The fraction of sp³-hybridized carbons (Fsp3) is 0.692. The number of ether oxygens (including phenoxy) is 1. The molecule has 0 aliphatic carbocycles. The predicted molar refractivity (Wildman–Crippen MR) is 65.7 cm³/mol. The third-order valence-corrected chi connectivity index (χ3v) is 2.73. The van der Waals surface area contributed by atoms with Crippen LogP contribution >= 0.6 is 0 Å². The highest BCUT2D eigenvalue weighted by atomic mass is 16.5. The van der Waals surface area contributed by atoms with E-state index in [9.17, 15) is 14.7 Å². The van der Waals surface area contributed by atoms with Crippen molar-refractivity contribution in [3.63, 3.8) is 0 Å². The van der Waals surface area contributed by atoms with E-state index in [0.29, 0.717) is 19.3 Å². The molecule has 1 N–H and O–H groups in total. The maximum Gasteiger partial charge on any atom is 0.323 e. The number of carbonyl (C=O) groups excluding carboxylic acids is 1. The van der Waals surface area contributed by atoms with Gasteiger partial charge in [-0.15, -0.1) is 6.58 Å². The molecule has 0 amide bonds. The summed E-state index contributed by atoms with van der Waals surface area (Å²) in [5, 5.41) is 9.33. The van der Waals surface area contributed by atoms with E-state index >= 15 is 0 Å². The highest BCUT2D eigenvalue weighted by Crippen LogP contribution is 2.33. The second-order valence-corrected chi connectivity index (χ2v) is 4.31. The van der Waals surface area contributed by atoms with Crippen LogP contribution in [0.4, 0.5) is 0 Å². The van der Waals surface area contributed by atoms with E-state index in [1.807, 2.05) is 13.8 Å². The van der Waals surface area contributed by atoms with Gasteiger partial charge < -0.3 is 9.84 Å². The Morgan fingerprint density at radius 3 is 2.24 bits per heavy atom. The first-order valence-corrected chi connectivity index (χ1v) is 5.95. The molecule has 0 aromatic heterocycles. The second-order valence-electron chi connectivity index (χ2n) is 4.31. The van der Waals surface area contributed by atoms with Crippen molar-refractivity contribution in [3.05, 3.63) is 12.2 Å². The highest BCUT2D eigenvalue weighted by molar-refractivity contribution is 5.99. The molecule has 4 nitrogen and oxygen atoms in total. The number of allylic oxidation sites excluding steroid dienone is 1. The lowest BCUT2D eigenvalue weighted by Gasteiger charge is -2.26. The standard InChI is InChI=1S/C13H22O4/c1-5-8-13(11(14)15,9-7-10(3)4)12(16)17-6-2/h3,5-9H2,1-2,4H3,(H,14,15). The summed E-state index contributed by atoms with van der Waals surface area (Å²) in [7, 11) is 0. The van der Waals surface area contributed by atoms with Crippen LogP contribution in [0.25, 0.3) is 0 Å². The van der Waals surface area contributed by atoms with Gasteiger partial charge in [0.25, 0.3) is 0 Å². The van der Waals surface area contributed by atoms with Crippen molar-refractivity contribution in [2.24, 2.45) is 5.41 Å². The van der Waals surface area contributed by atoms with E-state index in [1.54, 1.807) is 6.92 Å². The summed E-state index contributed by atoms with van der Waals surface area (Å²) in [6.07, 6.45) is 1.70. The molecular weight excluding hydrogens is 220 g/mol. The molecule has 0 aliphatic rings. The van der Waals surface area contributed by atoms with Gasteiger partial charge in [-0.3, -0.25) is 9.59 Å². The molecule has 1 atom stereocenters. The normalized spacial score (nSPS) is 13.8. The highest BCUT2D eigenvalue weighted by Gasteiger charge is 2.46. The van der Waals surface area contributed by atoms with Crippen molar-refractivity contribution in [1.29, 1.82) is 0 Å². The lowest BCUT2D eigenvalue weighted by Crippen LogP contribution is -2.40. The SMILES string of the molecule is C=C(C)CCC(CCC)(C(=O)O)C(=O)OCC. The second kappa shape index (κ2) is 7.09. The summed E-state index contributed by atoms with van der Waals surface area (Å²) in [6, 6.07) is 0. The number of aliphatic carboxylic acids is 1. The number of esters is 1. The monoisotopic (exact) mass is 242 g/mol. The third-order valence-electron chi connectivity index (χ3n) is 2.73. The molecule has 0 spiro atoms. The Hall–Kier alpha value is -1.32. The summed E-state index contributed by atoms with van der Waals surface area (Å²) in [6.45, 7) is 9.29. The minimum Gasteiger partial charge on any atom is -0.480 e. The first-order chi connectivity index (χ1) is 7.90. The number of carboxylic acids is 1. The minimum atomic E-state index is -1.41. The van der Waals surface area contributed by atoms with Gasteiger partial charge in [0.05, 0.1) is 6.61 Å². The molecule has 0 bridgehead atoms. The molecule has 0 rings (SSSR count). The minimum absolute atomic E-state index is 0.199. The Balaban J connectivity index is 5.04. The Kier molecular flexibility index (Phi) is 6.54. The van der Waals surface area contributed by atoms with Crippen LogP contribution < -0.4 is 0 Å². The maximum absolute atomic E-state index is 11.9. The van der Waals surface area contributed by atoms with Gasteiger partial charge in [0.1, 0.15) is 0 Å². The molecule has 0 fully saturated rings. The van der Waals surface area contributed by atoms with Crippen LogP contribution in [0.15, 0.2) is 12.2 Å². The number of rotatable bonds is 8. The molecule has 0 aliphatic heterocycles. The number of carboxylic acid groups (broad SMARTS) is 1. The van der Waals surface area contributed by atoms with E-state index in [0.717, 1.165) is 5.57 Å². The van der Waals surface area contributed by atoms with Gasteiger partial charge >= 0.3 is 11.9 Å². The molecule has 0 saturated carbocycles. The predicted octanol–water partition coefficient (Wildman–Crippen LogP) is 2.78. The van der Waals surface area contributed by atoms with Crippen LogP contribution in [0, 0.1) is 5.41 Å². The molecule has 0 radical (unpaired) electrons. The quantitative estimate of drug-likeness (QED) is 0.404. The zero-order valence-corrected chi connectivity index (χ0v) is 10.9. The van der Waals surface area contributed by atoms with Crippen LogP contribution in [-0.4, -0.2) is 23.7 Å². The van der Waals surface area contributed by atoms with Gasteiger partial charge in [-0.25, -0.2) is 0 Å². The molecule has 0 heterocycles. The summed E-state index contributed by atoms with van der Waals surface area (Å²) >= 11 is 0. The van der Waals surface area contributed by atoms with Gasteiger partial charge in [-0.1, -0.05) is 18.9 Å². The smallest absolute Gasteiger partial charge is 0.323 e. The lowest BCUT2D eigenvalue weighted by atomic mass is 9.78. The first kappa shape index (κ1) is 15.7. The molecular formula is C13H22O4. The van der Waals surface area contributed by atoms with Crippen molar-refractivity contribution in [2.75, 3.05) is 6.61 Å².